The predicted octanol–water partition coefficient (Wildman–Crippen LogP) is 3.67. The molecule has 0 fully saturated rings. The molecule has 1 aromatic carbocycles. The van der Waals surface area contributed by atoms with Gasteiger partial charge >= 0.3 is 0 Å². The Morgan fingerprint density at radius 3 is 2.40 bits per heavy atom. The minimum absolute atomic E-state index is 0.497. The highest BCUT2D eigenvalue weighted by molar-refractivity contribution is 7.92. The number of nitrogens with one attached hydrogen (secondary N) is 1. The molecule has 84 valence electrons. The van der Waals surface area contributed by atoms with Crippen LogP contribution in [0.4, 0.5) is 0 Å². The van der Waals surface area contributed by atoms with E-state index in [0.29, 0.717) is 10.6 Å². The molecule has 15 heavy (non-hydrogen) atoms. The molecular formula is C12H19NOS. The third-order valence-electron chi connectivity index (χ3n) is 2.41. The molecule has 0 heterocycles. The number of hydrogen-bond acceptors (Lipinski definition) is 2. The molecule has 2 nitrogen and oxygen atoms in total. The van der Waals surface area contributed by atoms with Crippen LogP contribution >= 0.6 is 0 Å². The van der Waals surface area contributed by atoms with Crippen LogP contribution in [-0.2, 0) is 9.73 Å². The molecule has 0 spiro atoms. The van der Waals surface area contributed by atoms with Gasteiger partial charge in [0, 0.05) is 10.6 Å². The Kier molecular flexibility index (Phi) is 4.82. The van der Waals surface area contributed by atoms with Gasteiger partial charge in [-0.05, 0) is 18.6 Å². The zero-order chi connectivity index (χ0) is 11.1. The normalized spacial score (nSPS) is 14.7. The minimum Gasteiger partial charge on any atom is -0.249 e. The van der Waals surface area contributed by atoms with Crippen LogP contribution in [0.3, 0.4) is 0 Å². The first-order chi connectivity index (χ1) is 7.17. The fourth-order valence-electron chi connectivity index (χ4n) is 1.49. The molecule has 0 aliphatic carbocycles. The van der Waals surface area contributed by atoms with Gasteiger partial charge in [0.1, 0.15) is 0 Å². The Morgan fingerprint density at radius 2 is 1.80 bits per heavy atom. The largest absolute Gasteiger partial charge is 0.249 e. The molecule has 1 N–H and O–H groups in total. The van der Waals surface area contributed by atoms with Gasteiger partial charge in [-0.1, -0.05) is 44.4 Å². The minimum atomic E-state index is -2.54. The molecule has 0 radical (unpaired) electrons. The van der Waals surface area contributed by atoms with Gasteiger partial charge in [-0.3, -0.25) is 0 Å². The summed E-state index contributed by atoms with van der Waals surface area (Å²) in [5.41, 5.74) is 0. The smallest absolute Gasteiger partial charge is 0.0726 e. The fourth-order valence-corrected chi connectivity index (χ4v) is 2.93. The van der Waals surface area contributed by atoms with Crippen LogP contribution in [0.5, 0.6) is 0 Å². The lowest BCUT2D eigenvalue weighted by Gasteiger charge is -2.06. The molecule has 0 saturated heterocycles. The van der Waals surface area contributed by atoms with Crippen LogP contribution in [0, 0.1) is 4.78 Å². The van der Waals surface area contributed by atoms with E-state index >= 15 is 0 Å². The Balaban J connectivity index is 2.53. The van der Waals surface area contributed by atoms with Crippen molar-refractivity contribution in [1.29, 1.82) is 4.78 Å². The summed E-state index contributed by atoms with van der Waals surface area (Å²) in [4.78, 5) is 0.668. The molecule has 1 aromatic rings. The highest BCUT2D eigenvalue weighted by Gasteiger charge is 2.08. The first kappa shape index (κ1) is 12.2. The standard InChI is InChI=1S/C12H19NOS/c1-2-3-4-8-11-15(13,14)12-9-6-5-7-10-12/h5-7,9-10,13H,2-4,8,11H2,1H3. The summed E-state index contributed by atoms with van der Waals surface area (Å²) in [7, 11) is -2.54. The van der Waals surface area contributed by atoms with Crippen molar-refractivity contribution >= 4 is 9.73 Å². The average Bonchev–Trinajstić information content (AvgIpc) is 2.26. The monoisotopic (exact) mass is 225 g/mol. The van der Waals surface area contributed by atoms with E-state index in [0.717, 1.165) is 12.8 Å². The molecule has 0 bridgehead atoms. The lowest BCUT2D eigenvalue weighted by Crippen LogP contribution is -2.04. The summed E-state index contributed by atoms with van der Waals surface area (Å²) in [6, 6.07) is 9.14. The van der Waals surface area contributed by atoms with E-state index in [4.69, 9.17) is 4.78 Å². The first-order valence-corrected chi connectivity index (χ1v) is 7.21. The second-order valence-electron chi connectivity index (χ2n) is 3.75. The van der Waals surface area contributed by atoms with E-state index in [2.05, 4.69) is 6.92 Å². The molecular weight excluding hydrogens is 206 g/mol. The summed E-state index contributed by atoms with van der Waals surface area (Å²) in [6.07, 6.45) is 4.32. The molecule has 1 rings (SSSR count). The van der Waals surface area contributed by atoms with E-state index in [1.165, 1.54) is 12.8 Å². The van der Waals surface area contributed by atoms with Crippen LogP contribution < -0.4 is 0 Å². The Morgan fingerprint density at radius 1 is 1.13 bits per heavy atom. The van der Waals surface area contributed by atoms with Gasteiger partial charge in [0.15, 0.2) is 0 Å². The van der Waals surface area contributed by atoms with E-state index in [1.807, 2.05) is 18.2 Å². The Labute approximate surface area is 92.7 Å². The van der Waals surface area contributed by atoms with Gasteiger partial charge in [-0.2, -0.15) is 0 Å². The molecule has 0 saturated carbocycles. The number of benzene rings is 1. The summed E-state index contributed by atoms with van der Waals surface area (Å²) in [5.74, 6) is 0.497. The van der Waals surface area contributed by atoms with Crippen molar-refractivity contribution in [1.82, 2.24) is 0 Å². The zero-order valence-electron chi connectivity index (χ0n) is 9.24. The summed E-state index contributed by atoms with van der Waals surface area (Å²) >= 11 is 0. The maximum absolute atomic E-state index is 12.0. The lowest BCUT2D eigenvalue weighted by molar-refractivity contribution is 0.660. The third-order valence-corrected chi connectivity index (χ3v) is 4.31. The zero-order valence-corrected chi connectivity index (χ0v) is 10.1. The van der Waals surface area contributed by atoms with Gasteiger partial charge < -0.3 is 0 Å². The topological polar surface area (TPSA) is 40.9 Å². The Bertz CT molecular complexity index is 370. The number of rotatable bonds is 6. The van der Waals surface area contributed by atoms with Crippen molar-refractivity contribution in [2.24, 2.45) is 0 Å². The molecule has 1 atom stereocenters. The molecule has 0 amide bonds. The van der Waals surface area contributed by atoms with E-state index in [-0.39, 0.29) is 0 Å². The number of unbranched alkanes of at least 4 members (excludes halogenated alkanes) is 3. The van der Waals surface area contributed by atoms with Gasteiger partial charge in [0.05, 0.1) is 9.73 Å². The fraction of sp³-hybridized carbons (Fsp3) is 0.500. The second kappa shape index (κ2) is 5.91. The maximum Gasteiger partial charge on any atom is 0.0726 e. The van der Waals surface area contributed by atoms with Gasteiger partial charge in [0.25, 0.3) is 0 Å². The van der Waals surface area contributed by atoms with Crippen molar-refractivity contribution < 1.29 is 4.21 Å². The van der Waals surface area contributed by atoms with Crippen molar-refractivity contribution in [2.75, 3.05) is 5.75 Å². The summed E-state index contributed by atoms with van der Waals surface area (Å²) in [5, 5.41) is 0. The number of hydrogen-bond donors (Lipinski definition) is 1. The van der Waals surface area contributed by atoms with Gasteiger partial charge in [0.2, 0.25) is 0 Å². The van der Waals surface area contributed by atoms with Gasteiger partial charge in [-0.15, -0.1) is 0 Å². The van der Waals surface area contributed by atoms with Crippen LogP contribution in [0.25, 0.3) is 0 Å². The van der Waals surface area contributed by atoms with Crippen molar-refractivity contribution in [3.63, 3.8) is 0 Å². The van der Waals surface area contributed by atoms with E-state index in [9.17, 15) is 4.21 Å². The second-order valence-corrected chi connectivity index (χ2v) is 5.98. The van der Waals surface area contributed by atoms with Crippen molar-refractivity contribution in [3.05, 3.63) is 30.3 Å². The lowest BCUT2D eigenvalue weighted by atomic mass is 10.2. The molecule has 0 aromatic heterocycles. The highest BCUT2D eigenvalue weighted by atomic mass is 32.2. The van der Waals surface area contributed by atoms with Crippen LogP contribution in [0.1, 0.15) is 32.6 Å². The first-order valence-electron chi connectivity index (χ1n) is 5.48. The quantitative estimate of drug-likeness (QED) is 0.737. The molecule has 0 aliphatic rings. The van der Waals surface area contributed by atoms with Crippen molar-refractivity contribution in [3.8, 4) is 0 Å². The average molecular weight is 225 g/mol. The van der Waals surface area contributed by atoms with Crippen LogP contribution in [-0.4, -0.2) is 9.96 Å². The molecule has 1 unspecified atom stereocenters. The SMILES string of the molecule is CCCCCCS(=N)(=O)c1ccccc1. The molecule has 3 heteroatoms. The highest BCUT2D eigenvalue weighted by Crippen LogP contribution is 2.13. The summed E-state index contributed by atoms with van der Waals surface area (Å²) in [6.45, 7) is 2.15. The maximum atomic E-state index is 12.0. The molecule has 0 aliphatic heterocycles. The van der Waals surface area contributed by atoms with E-state index in [1.54, 1.807) is 12.1 Å². The van der Waals surface area contributed by atoms with Crippen LogP contribution in [0.15, 0.2) is 35.2 Å². The van der Waals surface area contributed by atoms with Crippen LogP contribution in [0.2, 0.25) is 0 Å². The Hall–Kier alpha value is -0.830. The van der Waals surface area contributed by atoms with E-state index < -0.39 is 9.73 Å². The summed E-state index contributed by atoms with van der Waals surface area (Å²) < 4.78 is 19.8. The van der Waals surface area contributed by atoms with Crippen molar-refractivity contribution in [2.45, 2.75) is 37.5 Å². The third kappa shape index (κ3) is 4.04. The predicted molar refractivity (Wildman–Crippen MR) is 64.6 cm³/mol. The van der Waals surface area contributed by atoms with Gasteiger partial charge in [-0.25, -0.2) is 8.99 Å².